The van der Waals surface area contributed by atoms with Gasteiger partial charge in [0.15, 0.2) is 7.14 Å². The molecule has 4 nitrogen and oxygen atoms in total. The molecule has 1 atom stereocenters. The van der Waals surface area contributed by atoms with E-state index in [4.69, 9.17) is 9.97 Å². The maximum atomic E-state index is 15.8. The molecule has 0 aliphatic carbocycles. The Labute approximate surface area is 248 Å². The first kappa shape index (κ1) is 24.3. The molecule has 6 aromatic carbocycles. The highest BCUT2D eigenvalue weighted by Crippen LogP contribution is 2.51. The summed E-state index contributed by atoms with van der Waals surface area (Å²) in [7, 11) is -3.27. The van der Waals surface area contributed by atoms with Crippen LogP contribution in [0.2, 0.25) is 0 Å². The average molecular weight is 570 g/mol. The number of rotatable bonds is 3. The monoisotopic (exact) mass is 569 g/mol. The van der Waals surface area contributed by atoms with Gasteiger partial charge in [-0.1, -0.05) is 103 Å². The Bertz CT molecular complexity index is 2430. The van der Waals surface area contributed by atoms with Crippen LogP contribution in [0.1, 0.15) is 0 Å². The van der Waals surface area contributed by atoms with E-state index in [-0.39, 0.29) is 0 Å². The molecule has 0 fully saturated rings. The van der Waals surface area contributed by atoms with E-state index in [1.807, 2.05) is 79.0 Å². The zero-order valence-corrected chi connectivity index (χ0v) is 23.9. The van der Waals surface area contributed by atoms with Crippen molar-refractivity contribution in [1.82, 2.24) is 14.5 Å². The van der Waals surface area contributed by atoms with E-state index < -0.39 is 7.14 Å². The summed E-state index contributed by atoms with van der Waals surface area (Å²) in [6.07, 6.45) is 1.85. The quantitative estimate of drug-likeness (QED) is 0.160. The van der Waals surface area contributed by atoms with Crippen LogP contribution in [0, 0.1) is 0 Å². The molecule has 0 amide bonds. The number of benzene rings is 6. The summed E-state index contributed by atoms with van der Waals surface area (Å²) in [5, 5.41) is 5.77. The molecule has 202 valence electrons. The van der Waals surface area contributed by atoms with Crippen LogP contribution in [0.3, 0.4) is 0 Å². The summed E-state index contributed by atoms with van der Waals surface area (Å²) in [5.74, 6) is 0.844. The molecule has 5 heteroatoms. The van der Waals surface area contributed by atoms with E-state index in [9.17, 15) is 0 Å². The Morgan fingerprint density at radius 2 is 1.37 bits per heavy atom. The minimum absolute atomic E-state index is 0.816. The first-order valence-corrected chi connectivity index (χ1v) is 16.1. The minimum Gasteiger partial charge on any atom is -0.308 e. The number of aromatic nitrogens is 3. The van der Waals surface area contributed by atoms with Crippen LogP contribution in [0.25, 0.3) is 60.9 Å². The lowest BCUT2D eigenvalue weighted by Gasteiger charge is -2.29. The van der Waals surface area contributed by atoms with E-state index in [1.54, 1.807) is 0 Å². The molecule has 0 radical (unpaired) electrons. The fourth-order valence-corrected chi connectivity index (χ4v) is 9.74. The normalized spacial score (nSPS) is 15.6. The third-order valence-corrected chi connectivity index (χ3v) is 11.7. The minimum atomic E-state index is -3.27. The Hall–Kier alpha value is -5.31. The number of imidazole rings is 1. The smallest absolute Gasteiger partial charge is 0.175 e. The zero-order chi connectivity index (χ0) is 28.5. The fourth-order valence-electron chi connectivity index (χ4n) is 6.70. The number of hydrogen-bond donors (Lipinski definition) is 0. The molecule has 0 N–H and O–H groups in total. The van der Waals surface area contributed by atoms with Gasteiger partial charge in [-0.3, -0.25) is 9.55 Å². The maximum absolute atomic E-state index is 15.8. The third kappa shape index (κ3) is 3.42. The number of hydrogen-bond acceptors (Lipinski definition) is 3. The van der Waals surface area contributed by atoms with Crippen molar-refractivity contribution >= 4 is 55.8 Å². The van der Waals surface area contributed by atoms with Gasteiger partial charge in [0.05, 0.1) is 22.2 Å². The van der Waals surface area contributed by atoms with Crippen LogP contribution in [0.4, 0.5) is 0 Å². The van der Waals surface area contributed by atoms with Gasteiger partial charge in [-0.2, -0.15) is 0 Å². The second kappa shape index (κ2) is 9.09. The van der Waals surface area contributed by atoms with E-state index >= 15 is 4.57 Å². The lowest BCUT2D eigenvalue weighted by Crippen LogP contribution is -2.33. The maximum Gasteiger partial charge on any atom is 0.175 e. The van der Waals surface area contributed by atoms with E-state index in [0.717, 1.165) is 76.8 Å². The number of para-hydroxylation sites is 1. The van der Waals surface area contributed by atoms with Crippen LogP contribution >= 0.6 is 7.14 Å². The van der Waals surface area contributed by atoms with Crippen molar-refractivity contribution in [3.63, 3.8) is 0 Å². The molecule has 2 aromatic heterocycles. The second-order valence-electron chi connectivity index (χ2n) is 11.0. The SMILES string of the molecule is O=P1(c2ccccc2)c2cc(-c3cc4ccccc4c4ncccc34)ccc2-n2c(-c3ccccc3)nc3cccc1c32. The summed E-state index contributed by atoms with van der Waals surface area (Å²) in [6, 6.07) is 47.3. The van der Waals surface area contributed by atoms with E-state index in [1.165, 1.54) is 0 Å². The van der Waals surface area contributed by atoms with Crippen LogP contribution in [-0.4, -0.2) is 14.5 Å². The summed E-state index contributed by atoms with van der Waals surface area (Å²) < 4.78 is 18.0. The molecule has 3 heterocycles. The number of fused-ring (bicyclic) bond motifs is 5. The van der Waals surface area contributed by atoms with Crippen LogP contribution < -0.4 is 15.9 Å². The van der Waals surface area contributed by atoms with Gasteiger partial charge in [-0.25, -0.2) is 4.98 Å². The van der Waals surface area contributed by atoms with Crippen molar-refractivity contribution in [2.75, 3.05) is 0 Å². The molecule has 43 heavy (non-hydrogen) atoms. The van der Waals surface area contributed by atoms with Crippen molar-refractivity contribution in [1.29, 1.82) is 0 Å². The number of pyridine rings is 1. The largest absolute Gasteiger partial charge is 0.308 e. The summed E-state index contributed by atoms with van der Waals surface area (Å²) in [6.45, 7) is 0. The molecule has 1 aliphatic rings. The Morgan fingerprint density at radius 1 is 0.605 bits per heavy atom. The second-order valence-corrected chi connectivity index (χ2v) is 13.7. The lowest BCUT2D eigenvalue weighted by molar-refractivity contribution is 0.592. The highest BCUT2D eigenvalue weighted by molar-refractivity contribution is 7.86. The summed E-state index contributed by atoms with van der Waals surface area (Å²) >= 11 is 0. The standard InChI is InChI=1S/C38H24N3OP/c42-43(28-14-5-2-6-15-28)34-19-9-18-32-37(34)41(38(40-32)25-11-3-1-4-12-25)33-21-20-27(24-35(33)43)31-23-26-13-7-8-16-29(26)36-30(31)17-10-22-39-36/h1-24H. The lowest BCUT2D eigenvalue weighted by atomic mass is 9.95. The van der Waals surface area contributed by atoms with Gasteiger partial charge in [-0.15, -0.1) is 0 Å². The predicted octanol–water partition coefficient (Wildman–Crippen LogP) is 8.01. The molecule has 0 bridgehead atoms. The third-order valence-electron chi connectivity index (χ3n) is 8.63. The van der Waals surface area contributed by atoms with Gasteiger partial charge in [-0.05, 0) is 52.9 Å². The molecule has 0 saturated heterocycles. The Morgan fingerprint density at radius 3 is 2.23 bits per heavy atom. The first-order chi connectivity index (χ1) is 21.2. The van der Waals surface area contributed by atoms with Gasteiger partial charge in [0.25, 0.3) is 0 Å². The van der Waals surface area contributed by atoms with Crippen LogP contribution in [0.15, 0.2) is 146 Å². The van der Waals surface area contributed by atoms with Crippen molar-refractivity contribution in [3.05, 3.63) is 146 Å². The van der Waals surface area contributed by atoms with Gasteiger partial charge in [0, 0.05) is 38.4 Å². The average Bonchev–Trinajstić information content (AvgIpc) is 3.48. The van der Waals surface area contributed by atoms with Crippen LogP contribution in [0.5, 0.6) is 0 Å². The fraction of sp³-hybridized carbons (Fsp3) is 0. The number of nitrogens with zero attached hydrogens (tertiary/aromatic N) is 3. The summed E-state index contributed by atoms with van der Waals surface area (Å²) in [4.78, 5) is 9.89. The van der Waals surface area contributed by atoms with Crippen molar-refractivity contribution in [3.8, 4) is 28.2 Å². The van der Waals surface area contributed by atoms with Crippen LogP contribution in [-0.2, 0) is 4.57 Å². The molecular formula is C38H24N3OP. The molecule has 8 aromatic rings. The molecule has 9 rings (SSSR count). The van der Waals surface area contributed by atoms with Crippen molar-refractivity contribution in [2.24, 2.45) is 0 Å². The van der Waals surface area contributed by atoms with Crippen molar-refractivity contribution in [2.45, 2.75) is 0 Å². The van der Waals surface area contributed by atoms with E-state index in [2.05, 4.69) is 71.3 Å². The van der Waals surface area contributed by atoms with E-state index in [0.29, 0.717) is 0 Å². The molecule has 0 spiro atoms. The molecule has 1 unspecified atom stereocenters. The van der Waals surface area contributed by atoms with Gasteiger partial charge < -0.3 is 4.57 Å². The van der Waals surface area contributed by atoms with Gasteiger partial charge in [0.1, 0.15) is 5.82 Å². The highest BCUT2D eigenvalue weighted by Gasteiger charge is 2.40. The zero-order valence-electron chi connectivity index (χ0n) is 23.1. The first-order valence-electron chi connectivity index (χ1n) is 14.4. The predicted molar refractivity (Wildman–Crippen MR) is 178 cm³/mol. The molecule has 1 aliphatic heterocycles. The van der Waals surface area contributed by atoms with Crippen molar-refractivity contribution < 1.29 is 4.57 Å². The molecule has 0 saturated carbocycles. The Balaban J connectivity index is 1.40. The highest BCUT2D eigenvalue weighted by atomic mass is 31.2. The molecular weight excluding hydrogens is 545 g/mol. The summed E-state index contributed by atoms with van der Waals surface area (Å²) in [5.41, 5.74) is 6.72. The Kier molecular flexibility index (Phi) is 5.14. The topological polar surface area (TPSA) is 47.8 Å². The van der Waals surface area contributed by atoms with Gasteiger partial charge in [0.2, 0.25) is 0 Å². The van der Waals surface area contributed by atoms with Gasteiger partial charge >= 0.3 is 0 Å².